The van der Waals surface area contributed by atoms with Crippen LogP contribution in [0.25, 0.3) is 0 Å². The number of nitrogen functional groups attached to an aromatic ring is 1. The van der Waals surface area contributed by atoms with Gasteiger partial charge in [0.1, 0.15) is 11.6 Å². The number of phenols is 1. The van der Waals surface area contributed by atoms with E-state index in [0.29, 0.717) is 19.4 Å². The number of aryl methyl sites for hydroxylation is 1. The van der Waals surface area contributed by atoms with Crippen LogP contribution >= 0.6 is 0 Å². The summed E-state index contributed by atoms with van der Waals surface area (Å²) >= 11 is 0. The monoisotopic (exact) mass is 296 g/mol. The number of imidazole rings is 1. The molecule has 0 spiro atoms. The van der Waals surface area contributed by atoms with Crippen LogP contribution < -0.4 is 10.5 Å². The third-order valence-electron chi connectivity index (χ3n) is 2.75. The lowest BCUT2D eigenvalue weighted by Gasteiger charge is -2.07. The van der Waals surface area contributed by atoms with E-state index >= 15 is 0 Å². The SMILES string of the molecule is Nc1cc(S(=O)(=O)NCCCc2ncc[nH]2)ccc1O. The highest BCUT2D eigenvalue weighted by Gasteiger charge is 2.14. The Hall–Kier alpha value is -2.06. The molecule has 0 unspecified atom stereocenters. The van der Waals surface area contributed by atoms with E-state index in [1.54, 1.807) is 12.4 Å². The molecule has 0 aliphatic heterocycles. The summed E-state index contributed by atoms with van der Waals surface area (Å²) < 4.78 is 26.4. The quantitative estimate of drug-likeness (QED) is 0.353. The first-order valence-electron chi connectivity index (χ1n) is 6.05. The molecule has 1 heterocycles. The molecule has 2 aromatic rings. The van der Waals surface area contributed by atoms with Crippen molar-refractivity contribution in [1.82, 2.24) is 14.7 Å². The number of nitrogens with one attached hydrogen (secondary N) is 2. The Morgan fingerprint density at radius 3 is 2.85 bits per heavy atom. The van der Waals surface area contributed by atoms with Gasteiger partial charge in [0.15, 0.2) is 0 Å². The molecule has 0 saturated heterocycles. The molecule has 108 valence electrons. The van der Waals surface area contributed by atoms with Crippen LogP contribution in [0.5, 0.6) is 5.75 Å². The second-order valence-electron chi connectivity index (χ2n) is 4.26. The summed E-state index contributed by atoms with van der Waals surface area (Å²) in [4.78, 5) is 7.03. The van der Waals surface area contributed by atoms with Crippen LogP contribution in [0.2, 0.25) is 0 Å². The summed E-state index contributed by atoms with van der Waals surface area (Å²) in [5.41, 5.74) is 5.51. The highest BCUT2D eigenvalue weighted by Crippen LogP contribution is 2.22. The van der Waals surface area contributed by atoms with Crippen molar-refractivity contribution in [2.24, 2.45) is 0 Å². The Balaban J connectivity index is 1.92. The van der Waals surface area contributed by atoms with Crippen LogP contribution in [-0.2, 0) is 16.4 Å². The first-order valence-corrected chi connectivity index (χ1v) is 7.54. The molecule has 0 aliphatic rings. The lowest BCUT2D eigenvalue weighted by atomic mass is 10.3. The molecule has 1 aromatic heterocycles. The molecule has 5 N–H and O–H groups in total. The summed E-state index contributed by atoms with van der Waals surface area (Å²) in [6.07, 6.45) is 4.66. The molecule has 7 nitrogen and oxygen atoms in total. The van der Waals surface area contributed by atoms with Gasteiger partial charge in [0, 0.05) is 25.4 Å². The van der Waals surface area contributed by atoms with Gasteiger partial charge in [-0.2, -0.15) is 0 Å². The van der Waals surface area contributed by atoms with Crippen molar-refractivity contribution >= 4 is 15.7 Å². The van der Waals surface area contributed by atoms with E-state index in [0.717, 1.165) is 5.82 Å². The molecule has 1 aromatic carbocycles. The number of aromatic hydroxyl groups is 1. The molecular formula is C12H16N4O3S. The Labute approximate surface area is 116 Å². The van der Waals surface area contributed by atoms with E-state index in [-0.39, 0.29) is 16.3 Å². The highest BCUT2D eigenvalue weighted by atomic mass is 32.2. The molecule has 2 rings (SSSR count). The summed E-state index contributed by atoms with van der Waals surface area (Å²) in [5.74, 6) is 0.680. The molecule has 8 heteroatoms. The molecule has 0 aliphatic carbocycles. The Kier molecular flexibility index (Phi) is 4.26. The van der Waals surface area contributed by atoms with E-state index < -0.39 is 10.0 Å². The third kappa shape index (κ3) is 3.49. The number of nitrogens with zero attached hydrogens (tertiary/aromatic N) is 1. The second kappa shape index (κ2) is 5.93. The van der Waals surface area contributed by atoms with Crippen molar-refractivity contribution in [3.8, 4) is 5.75 Å². The van der Waals surface area contributed by atoms with E-state index in [2.05, 4.69) is 14.7 Å². The molecule has 0 saturated carbocycles. The summed E-state index contributed by atoms with van der Waals surface area (Å²) in [7, 11) is -3.61. The Morgan fingerprint density at radius 2 is 2.20 bits per heavy atom. The van der Waals surface area contributed by atoms with Crippen molar-refractivity contribution < 1.29 is 13.5 Å². The number of aromatic amines is 1. The number of hydrogen-bond donors (Lipinski definition) is 4. The molecular weight excluding hydrogens is 280 g/mol. The Morgan fingerprint density at radius 1 is 1.40 bits per heavy atom. The van der Waals surface area contributed by atoms with Gasteiger partial charge in [-0.1, -0.05) is 0 Å². The zero-order valence-corrected chi connectivity index (χ0v) is 11.5. The summed E-state index contributed by atoms with van der Waals surface area (Å²) in [5, 5.41) is 9.28. The molecule has 0 fully saturated rings. The number of benzene rings is 1. The minimum Gasteiger partial charge on any atom is -0.506 e. The van der Waals surface area contributed by atoms with Gasteiger partial charge in [0.2, 0.25) is 10.0 Å². The highest BCUT2D eigenvalue weighted by molar-refractivity contribution is 7.89. The number of rotatable bonds is 6. The van der Waals surface area contributed by atoms with Crippen LogP contribution in [-0.4, -0.2) is 30.0 Å². The van der Waals surface area contributed by atoms with Crippen LogP contribution in [0.1, 0.15) is 12.2 Å². The van der Waals surface area contributed by atoms with Gasteiger partial charge in [-0.3, -0.25) is 0 Å². The number of sulfonamides is 1. The van der Waals surface area contributed by atoms with E-state index in [1.165, 1.54) is 18.2 Å². The second-order valence-corrected chi connectivity index (χ2v) is 6.02. The standard InChI is InChI=1S/C12H16N4O3S/c13-10-8-9(3-4-11(10)17)20(18,19)16-5-1-2-12-14-6-7-15-12/h3-4,6-8,16-17H,1-2,5,13H2,(H,14,15). The van der Waals surface area contributed by atoms with Crippen LogP contribution in [0, 0.1) is 0 Å². The largest absolute Gasteiger partial charge is 0.506 e. The average Bonchev–Trinajstić information content (AvgIpc) is 2.91. The number of nitrogens with two attached hydrogens (primary N) is 1. The number of aromatic nitrogens is 2. The summed E-state index contributed by atoms with van der Waals surface area (Å²) in [6.45, 7) is 0.295. The van der Waals surface area contributed by atoms with Crippen LogP contribution in [0.15, 0.2) is 35.5 Å². The number of hydrogen-bond acceptors (Lipinski definition) is 5. The van der Waals surface area contributed by atoms with Crippen molar-refractivity contribution in [2.45, 2.75) is 17.7 Å². The van der Waals surface area contributed by atoms with Gasteiger partial charge < -0.3 is 15.8 Å². The minimum absolute atomic E-state index is 0.0310. The average molecular weight is 296 g/mol. The van der Waals surface area contributed by atoms with Gasteiger partial charge in [0.25, 0.3) is 0 Å². The van der Waals surface area contributed by atoms with Crippen molar-refractivity contribution in [3.63, 3.8) is 0 Å². The normalized spacial score (nSPS) is 11.6. The van der Waals surface area contributed by atoms with Gasteiger partial charge >= 0.3 is 0 Å². The van der Waals surface area contributed by atoms with E-state index in [1.807, 2.05) is 0 Å². The van der Waals surface area contributed by atoms with Crippen molar-refractivity contribution in [3.05, 3.63) is 36.4 Å². The number of H-pyrrole nitrogens is 1. The predicted molar refractivity (Wildman–Crippen MR) is 74.6 cm³/mol. The maximum absolute atomic E-state index is 12.0. The topological polar surface area (TPSA) is 121 Å². The third-order valence-corrected chi connectivity index (χ3v) is 4.21. The first kappa shape index (κ1) is 14.4. The maximum atomic E-state index is 12.0. The van der Waals surface area contributed by atoms with Crippen LogP contribution in [0.4, 0.5) is 5.69 Å². The van der Waals surface area contributed by atoms with Gasteiger partial charge in [0.05, 0.1) is 10.6 Å². The fraction of sp³-hybridized carbons (Fsp3) is 0.250. The van der Waals surface area contributed by atoms with Gasteiger partial charge in [-0.05, 0) is 24.6 Å². The van der Waals surface area contributed by atoms with Crippen molar-refractivity contribution in [2.75, 3.05) is 12.3 Å². The summed E-state index contributed by atoms with van der Waals surface area (Å²) in [6, 6.07) is 3.79. The zero-order valence-electron chi connectivity index (χ0n) is 10.7. The number of anilines is 1. The van der Waals surface area contributed by atoms with Gasteiger partial charge in [-0.15, -0.1) is 0 Å². The maximum Gasteiger partial charge on any atom is 0.240 e. The van der Waals surface area contributed by atoms with Crippen LogP contribution in [0.3, 0.4) is 0 Å². The smallest absolute Gasteiger partial charge is 0.240 e. The van der Waals surface area contributed by atoms with E-state index in [4.69, 9.17) is 5.73 Å². The zero-order chi connectivity index (χ0) is 14.6. The van der Waals surface area contributed by atoms with Gasteiger partial charge in [-0.25, -0.2) is 18.1 Å². The molecule has 0 amide bonds. The molecule has 0 radical (unpaired) electrons. The minimum atomic E-state index is -3.61. The first-order chi connectivity index (χ1) is 9.49. The van der Waals surface area contributed by atoms with Crippen molar-refractivity contribution in [1.29, 1.82) is 0 Å². The fourth-order valence-corrected chi connectivity index (χ4v) is 2.79. The predicted octanol–water partition coefficient (Wildman–Crippen LogP) is 0.609. The number of phenolic OH excluding ortho intramolecular Hbond substituents is 1. The van der Waals surface area contributed by atoms with E-state index in [9.17, 15) is 13.5 Å². The lowest BCUT2D eigenvalue weighted by Crippen LogP contribution is -2.25. The lowest BCUT2D eigenvalue weighted by molar-refractivity contribution is 0.477. The molecule has 20 heavy (non-hydrogen) atoms. The molecule has 0 bridgehead atoms. The molecule has 0 atom stereocenters. The Bertz CT molecular complexity index is 668. The fourth-order valence-electron chi connectivity index (χ4n) is 1.68.